The Morgan fingerprint density at radius 1 is 1.12 bits per heavy atom. The van der Waals surface area contributed by atoms with E-state index in [1.54, 1.807) is 30.6 Å². The van der Waals surface area contributed by atoms with Gasteiger partial charge in [-0.25, -0.2) is 4.39 Å². The van der Waals surface area contributed by atoms with E-state index in [0.717, 1.165) is 63.7 Å². The number of amides is 1. The number of aliphatic hydroxyl groups excluding tert-OH is 1. The second kappa shape index (κ2) is 8.70. The van der Waals surface area contributed by atoms with Crippen molar-refractivity contribution in [3.63, 3.8) is 0 Å². The molecule has 1 saturated carbocycles. The van der Waals surface area contributed by atoms with E-state index in [2.05, 4.69) is 14.8 Å². The molecule has 7 heteroatoms. The molecule has 2 aliphatic heterocycles. The summed E-state index contributed by atoms with van der Waals surface area (Å²) in [5, 5.41) is 9.81. The molecule has 5 rings (SSSR count). The number of nitrogens with zero attached hydrogens (tertiary/aromatic N) is 3. The molecule has 170 valence electrons. The highest BCUT2D eigenvalue weighted by atomic mass is 19.1. The minimum atomic E-state index is -0.425. The smallest absolute Gasteiger partial charge is 0.230 e. The number of pyridine rings is 1. The number of aromatic nitrogens is 1. The Kier molecular flexibility index (Phi) is 5.76. The molecule has 0 bridgehead atoms. The van der Waals surface area contributed by atoms with E-state index in [1.165, 1.54) is 6.07 Å². The topological polar surface area (TPSA) is 65.9 Å². The van der Waals surface area contributed by atoms with Crippen LogP contribution in [0.15, 0.2) is 42.7 Å². The fourth-order valence-corrected chi connectivity index (χ4v) is 5.60. The molecule has 3 aliphatic rings. The maximum absolute atomic E-state index is 14.8. The molecule has 1 aliphatic carbocycles. The van der Waals surface area contributed by atoms with Crippen LogP contribution >= 0.6 is 0 Å². The SMILES string of the molecule is O=C1N([C@H]2CC[C@@H](O)CC2)CC[C@@]12CCCN(c1ccc(Oc3cccnc3)c(F)c1)C2. The minimum Gasteiger partial charge on any atom is -0.453 e. The predicted octanol–water partition coefficient (Wildman–Crippen LogP) is 4.14. The second-order valence-electron chi connectivity index (χ2n) is 9.42. The zero-order valence-electron chi connectivity index (χ0n) is 18.3. The summed E-state index contributed by atoms with van der Waals surface area (Å²) in [7, 11) is 0. The lowest BCUT2D eigenvalue weighted by Gasteiger charge is -2.41. The summed E-state index contributed by atoms with van der Waals surface area (Å²) in [5.41, 5.74) is 0.405. The molecule has 1 amide bonds. The summed E-state index contributed by atoms with van der Waals surface area (Å²) in [4.78, 5) is 21.7. The van der Waals surface area contributed by atoms with Gasteiger partial charge in [0.05, 0.1) is 17.7 Å². The van der Waals surface area contributed by atoms with Crippen LogP contribution in [0.3, 0.4) is 0 Å². The van der Waals surface area contributed by atoms with Gasteiger partial charge in [-0.1, -0.05) is 0 Å². The fraction of sp³-hybridized carbons (Fsp3) is 0.520. The van der Waals surface area contributed by atoms with Crippen molar-refractivity contribution in [3.8, 4) is 11.5 Å². The molecule has 32 heavy (non-hydrogen) atoms. The molecule has 0 unspecified atom stereocenters. The third kappa shape index (κ3) is 4.06. The second-order valence-corrected chi connectivity index (χ2v) is 9.42. The number of halogens is 1. The predicted molar refractivity (Wildman–Crippen MR) is 119 cm³/mol. The van der Waals surface area contributed by atoms with Crippen LogP contribution in [0.25, 0.3) is 0 Å². The number of anilines is 1. The Labute approximate surface area is 188 Å². The first-order chi connectivity index (χ1) is 15.5. The number of hydrogen-bond donors (Lipinski definition) is 1. The standard InChI is InChI=1S/C25H30FN3O3/c26-22-15-19(6-9-23(22)32-21-3-1-12-27-16-21)28-13-2-10-25(17-28)11-14-29(24(25)31)18-4-7-20(30)8-5-18/h1,3,6,9,12,15-16,18,20,30H,2,4-5,7-8,10-11,13-14,17H2/t18-,20+,25-/m1/s1. The van der Waals surface area contributed by atoms with Crippen LogP contribution in [0.2, 0.25) is 0 Å². The molecular formula is C25H30FN3O3. The van der Waals surface area contributed by atoms with Gasteiger partial charge in [-0.15, -0.1) is 0 Å². The van der Waals surface area contributed by atoms with Gasteiger partial charge in [0.15, 0.2) is 11.6 Å². The number of ether oxygens (including phenoxy) is 1. The van der Waals surface area contributed by atoms with Crippen molar-refractivity contribution in [3.05, 3.63) is 48.5 Å². The summed E-state index contributed by atoms with van der Waals surface area (Å²) >= 11 is 0. The first kappa shape index (κ1) is 21.2. The minimum absolute atomic E-state index is 0.163. The van der Waals surface area contributed by atoms with Crippen LogP contribution < -0.4 is 9.64 Å². The van der Waals surface area contributed by atoms with Gasteiger partial charge in [0, 0.05) is 43.6 Å². The van der Waals surface area contributed by atoms with E-state index >= 15 is 0 Å². The lowest BCUT2D eigenvalue weighted by molar-refractivity contribution is -0.139. The maximum Gasteiger partial charge on any atom is 0.230 e. The van der Waals surface area contributed by atoms with Crippen molar-refractivity contribution >= 4 is 11.6 Å². The molecule has 6 nitrogen and oxygen atoms in total. The number of rotatable bonds is 4. The summed E-state index contributed by atoms with van der Waals surface area (Å²) < 4.78 is 20.4. The lowest BCUT2D eigenvalue weighted by atomic mass is 9.78. The molecule has 1 aromatic carbocycles. The summed E-state index contributed by atoms with van der Waals surface area (Å²) in [5.74, 6) is 0.478. The van der Waals surface area contributed by atoms with E-state index in [-0.39, 0.29) is 29.2 Å². The van der Waals surface area contributed by atoms with Crippen molar-refractivity contribution in [2.24, 2.45) is 5.41 Å². The Morgan fingerprint density at radius 2 is 1.97 bits per heavy atom. The van der Waals surface area contributed by atoms with Gasteiger partial charge in [-0.3, -0.25) is 9.78 Å². The third-order valence-corrected chi connectivity index (χ3v) is 7.37. The van der Waals surface area contributed by atoms with Gasteiger partial charge >= 0.3 is 0 Å². The Balaban J connectivity index is 1.29. The van der Waals surface area contributed by atoms with Crippen LogP contribution in [-0.2, 0) is 4.79 Å². The molecule has 0 radical (unpaired) electrons. The van der Waals surface area contributed by atoms with Gasteiger partial charge in [0.25, 0.3) is 0 Å². The van der Waals surface area contributed by atoms with Gasteiger partial charge in [-0.2, -0.15) is 0 Å². The molecule has 2 saturated heterocycles. The number of likely N-dealkylation sites (tertiary alicyclic amines) is 1. The number of hydrogen-bond acceptors (Lipinski definition) is 5. The average molecular weight is 440 g/mol. The number of aliphatic hydroxyl groups is 1. The lowest BCUT2D eigenvalue weighted by Crippen LogP contribution is -2.50. The van der Waals surface area contributed by atoms with Crippen molar-refractivity contribution in [2.45, 2.75) is 57.1 Å². The van der Waals surface area contributed by atoms with Crippen LogP contribution in [0.5, 0.6) is 11.5 Å². The number of carbonyl (C=O) groups is 1. The Hall–Kier alpha value is -2.67. The van der Waals surface area contributed by atoms with E-state index in [1.807, 2.05) is 6.07 Å². The zero-order chi connectivity index (χ0) is 22.1. The van der Waals surface area contributed by atoms with Crippen molar-refractivity contribution < 1.29 is 19.0 Å². The number of carbonyl (C=O) groups excluding carboxylic acids is 1. The molecule has 3 fully saturated rings. The largest absolute Gasteiger partial charge is 0.453 e. The third-order valence-electron chi connectivity index (χ3n) is 7.37. The van der Waals surface area contributed by atoms with Gasteiger partial charge in [0.1, 0.15) is 5.75 Å². The molecule has 1 aromatic heterocycles. The number of piperidine rings is 1. The van der Waals surface area contributed by atoms with E-state index in [4.69, 9.17) is 4.74 Å². The Morgan fingerprint density at radius 3 is 2.72 bits per heavy atom. The highest BCUT2D eigenvalue weighted by Gasteiger charge is 2.50. The fourth-order valence-electron chi connectivity index (χ4n) is 5.60. The monoisotopic (exact) mass is 439 g/mol. The number of benzene rings is 1. The van der Waals surface area contributed by atoms with E-state index < -0.39 is 5.82 Å². The van der Waals surface area contributed by atoms with Gasteiger partial charge in [0.2, 0.25) is 5.91 Å². The van der Waals surface area contributed by atoms with E-state index in [9.17, 15) is 14.3 Å². The zero-order valence-corrected chi connectivity index (χ0v) is 18.3. The molecule has 1 N–H and O–H groups in total. The summed E-state index contributed by atoms with van der Waals surface area (Å²) in [6, 6.07) is 8.75. The van der Waals surface area contributed by atoms with Crippen molar-refractivity contribution in [1.29, 1.82) is 0 Å². The van der Waals surface area contributed by atoms with Crippen molar-refractivity contribution in [2.75, 3.05) is 24.5 Å². The normalized spacial score (nSPS) is 28.4. The highest BCUT2D eigenvalue weighted by molar-refractivity contribution is 5.86. The Bertz CT molecular complexity index is 964. The molecule has 2 aromatic rings. The quantitative estimate of drug-likeness (QED) is 0.776. The van der Waals surface area contributed by atoms with Crippen molar-refractivity contribution in [1.82, 2.24) is 9.88 Å². The summed E-state index contributed by atoms with van der Waals surface area (Å²) in [6.07, 6.45) is 8.95. The van der Waals surface area contributed by atoms with Crippen LogP contribution in [0.1, 0.15) is 44.9 Å². The molecule has 1 spiro atoms. The van der Waals surface area contributed by atoms with Crippen LogP contribution in [0, 0.1) is 11.2 Å². The highest BCUT2D eigenvalue weighted by Crippen LogP contribution is 2.43. The van der Waals surface area contributed by atoms with Gasteiger partial charge < -0.3 is 19.6 Å². The molecule has 1 atom stereocenters. The first-order valence-corrected chi connectivity index (χ1v) is 11.7. The first-order valence-electron chi connectivity index (χ1n) is 11.7. The maximum atomic E-state index is 14.8. The molecule has 3 heterocycles. The van der Waals surface area contributed by atoms with Gasteiger partial charge in [-0.05, 0) is 69.2 Å². The van der Waals surface area contributed by atoms with Crippen LogP contribution in [0.4, 0.5) is 10.1 Å². The molecular weight excluding hydrogens is 409 g/mol. The summed E-state index contributed by atoms with van der Waals surface area (Å²) in [6.45, 7) is 2.23. The van der Waals surface area contributed by atoms with Crippen LogP contribution in [-0.4, -0.2) is 52.7 Å². The van der Waals surface area contributed by atoms with E-state index in [0.29, 0.717) is 12.3 Å². The average Bonchev–Trinajstić information content (AvgIpc) is 3.12.